The third kappa shape index (κ3) is 5.86. The van der Waals surface area contributed by atoms with Crippen molar-refractivity contribution in [2.24, 2.45) is 4.99 Å². The quantitative estimate of drug-likeness (QED) is 0.258. The number of guanidine groups is 1. The minimum Gasteiger partial charge on any atom is -0.495 e. The van der Waals surface area contributed by atoms with Crippen LogP contribution in [0, 0.1) is 0 Å². The molecule has 2 aromatic carbocycles. The number of hydrogen-bond donors (Lipinski definition) is 2. The van der Waals surface area contributed by atoms with Gasteiger partial charge in [-0.1, -0.05) is 29.8 Å². The fourth-order valence-electron chi connectivity index (χ4n) is 3.67. The van der Waals surface area contributed by atoms with Gasteiger partial charge < -0.3 is 24.7 Å². The van der Waals surface area contributed by atoms with Gasteiger partial charge in [0.15, 0.2) is 5.96 Å². The fraction of sp³-hybridized carbons (Fsp3) is 0.304. The molecule has 7 nitrogen and oxygen atoms in total. The standard InChI is InChI=1S/C23H26ClN5O2.HI/c1-25-23(26-13-19-15-31-22(27-19)16-6-4-3-5-7-16)28-18-10-11-29(14-18)20-12-17(24)8-9-21(20)30-2;/h3-9,12,15,18H,10-11,13-14H2,1-2H3,(H2,25,26,28);1H. The van der Waals surface area contributed by atoms with Crippen LogP contribution < -0.4 is 20.3 Å². The van der Waals surface area contributed by atoms with Crippen molar-refractivity contribution in [2.45, 2.75) is 19.0 Å². The minimum atomic E-state index is 0. The predicted molar refractivity (Wildman–Crippen MR) is 139 cm³/mol. The Hall–Kier alpha value is -2.46. The third-order valence-corrected chi connectivity index (χ3v) is 5.48. The number of anilines is 1. The van der Waals surface area contributed by atoms with Crippen molar-refractivity contribution in [1.29, 1.82) is 0 Å². The largest absolute Gasteiger partial charge is 0.495 e. The molecule has 0 saturated carbocycles. The van der Waals surface area contributed by atoms with Crippen LogP contribution in [0.2, 0.25) is 5.02 Å². The van der Waals surface area contributed by atoms with Gasteiger partial charge in [0.05, 0.1) is 25.0 Å². The summed E-state index contributed by atoms with van der Waals surface area (Å²) in [7, 11) is 3.44. The zero-order valence-electron chi connectivity index (χ0n) is 18.0. The molecule has 0 spiro atoms. The van der Waals surface area contributed by atoms with Crippen molar-refractivity contribution >= 4 is 47.2 Å². The van der Waals surface area contributed by atoms with Crippen LogP contribution in [0.15, 0.2) is 64.2 Å². The van der Waals surface area contributed by atoms with E-state index in [4.69, 9.17) is 20.8 Å². The Bertz CT molecular complexity index is 1040. The minimum absolute atomic E-state index is 0. The molecule has 0 radical (unpaired) electrons. The summed E-state index contributed by atoms with van der Waals surface area (Å²) < 4.78 is 11.1. The fourth-order valence-corrected chi connectivity index (χ4v) is 3.84. The molecule has 4 rings (SSSR count). The van der Waals surface area contributed by atoms with Crippen molar-refractivity contribution in [3.05, 3.63) is 65.5 Å². The summed E-state index contributed by atoms with van der Waals surface area (Å²) >= 11 is 6.20. The van der Waals surface area contributed by atoms with E-state index in [9.17, 15) is 0 Å². The highest BCUT2D eigenvalue weighted by molar-refractivity contribution is 14.0. The van der Waals surface area contributed by atoms with Gasteiger partial charge in [0.25, 0.3) is 0 Å². The lowest BCUT2D eigenvalue weighted by Crippen LogP contribution is -2.44. The lowest BCUT2D eigenvalue weighted by atomic mass is 10.2. The van der Waals surface area contributed by atoms with Crippen molar-refractivity contribution in [1.82, 2.24) is 15.6 Å². The molecule has 1 aliphatic heterocycles. The Balaban J connectivity index is 0.00000289. The average Bonchev–Trinajstić information content (AvgIpc) is 3.47. The molecule has 9 heteroatoms. The SMILES string of the molecule is CN=C(NCc1coc(-c2ccccc2)n1)NC1CCN(c2cc(Cl)ccc2OC)C1.I. The number of benzene rings is 2. The van der Waals surface area contributed by atoms with Gasteiger partial charge in [-0.3, -0.25) is 4.99 Å². The number of nitrogens with zero attached hydrogens (tertiary/aromatic N) is 3. The van der Waals surface area contributed by atoms with Gasteiger partial charge in [-0.05, 0) is 36.8 Å². The summed E-state index contributed by atoms with van der Waals surface area (Å²) in [6.45, 7) is 2.27. The molecule has 1 fully saturated rings. The number of ether oxygens (including phenoxy) is 1. The zero-order chi connectivity index (χ0) is 21.6. The number of aromatic nitrogens is 1. The van der Waals surface area contributed by atoms with E-state index in [1.165, 1.54) is 0 Å². The predicted octanol–water partition coefficient (Wildman–Crippen LogP) is 4.57. The van der Waals surface area contributed by atoms with E-state index in [2.05, 4.69) is 25.5 Å². The van der Waals surface area contributed by atoms with Gasteiger partial charge in [0.1, 0.15) is 12.0 Å². The van der Waals surface area contributed by atoms with Crippen molar-refractivity contribution in [3.8, 4) is 17.2 Å². The molecule has 0 amide bonds. The van der Waals surface area contributed by atoms with Crippen LogP contribution in [0.4, 0.5) is 5.69 Å². The van der Waals surface area contributed by atoms with E-state index in [0.29, 0.717) is 17.5 Å². The maximum atomic E-state index is 6.20. The molecule has 0 aliphatic carbocycles. The van der Waals surface area contributed by atoms with Crippen LogP contribution in [-0.2, 0) is 6.54 Å². The average molecular weight is 568 g/mol. The molecular formula is C23H27ClIN5O2. The molecule has 1 aliphatic rings. The molecule has 0 bridgehead atoms. The summed E-state index contributed by atoms with van der Waals surface area (Å²) in [6, 6.07) is 15.8. The first-order valence-electron chi connectivity index (χ1n) is 10.2. The smallest absolute Gasteiger partial charge is 0.226 e. The highest BCUT2D eigenvalue weighted by Gasteiger charge is 2.25. The molecule has 1 saturated heterocycles. The van der Waals surface area contributed by atoms with Crippen molar-refractivity contribution < 1.29 is 9.15 Å². The molecule has 1 atom stereocenters. The van der Waals surface area contributed by atoms with E-state index < -0.39 is 0 Å². The number of rotatable bonds is 6. The topological polar surface area (TPSA) is 74.9 Å². The monoisotopic (exact) mass is 567 g/mol. The number of halogens is 2. The van der Waals surface area contributed by atoms with E-state index in [-0.39, 0.29) is 30.0 Å². The number of aliphatic imine (C=N–C) groups is 1. The molecule has 1 aromatic heterocycles. The van der Waals surface area contributed by atoms with Crippen LogP contribution in [-0.4, -0.2) is 44.2 Å². The van der Waals surface area contributed by atoms with Gasteiger partial charge in [-0.15, -0.1) is 24.0 Å². The molecule has 32 heavy (non-hydrogen) atoms. The molecule has 1 unspecified atom stereocenters. The normalized spacial score (nSPS) is 15.9. The van der Waals surface area contributed by atoms with Crippen LogP contribution in [0.1, 0.15) is 12.1 Å². The number of hydrogen-bond acceptors (Lipinski definition) is 5. The molecular weight excluding hydrogens is 541 g/mol. The van der Waals surface area contributed by atoms with Crippen molar-refractivity contribution in [2.75, 3.05) is 32.1 Å². The van der Waals surface area contributed by atoms with Crippen LogP contribution >= 0.6 is 35.6 Å². The molecule has 2 N–H and O–H groups in total. The summed E-state index contributed by atoms with van der Waals surface area (Å²) in [5, 5.41) is 7.51. The lowest BCUT2D eigenvalue weighted by molar-refractivity contribution is 0.415. The number of nitrogens with one attached hydrogen (secondary N) is 2. The molecule has 170 valence electrons. The van der Waals surface area contributed by atoms with E-state index in [0.717, 1.165) is 48.2 Å². The van der Waals surface area contributed by atoms with Gasteiger partial charge >= 0.3 is 0 Å². The first-order chi connectivity index (χ1) is 15.2. The maximum Gasteiger partial charge on any atom is 0.226 e. The molecule has 3 aromatic rings. The van der Waals surface area contributed by atoms with Crippen molar-refractivity contribution in [3.63, 3.8) is 0 Å². The Labute approximate surface area is 210 Å². The highest BCUT2D eigenvalue weighted by atomic mass is 127. The highest BCUT2D eigenvalue weighted by Crippen LogP contribution is 2.33. The maximum absolute atomic E-state index is 6.20. The number of oxazole rings is 1. The van der Waals surface area contributed by atoms with Crippen LogP contribution in [0.3, 0.4) is 0 Å². The van der Waals surface area contributed by atoms with Gasteiger partial charge in [-0.25, -0.2) is 4.98 Å². The van der Waals surface area contributed by atoms with Crippen LogP contribution in [0.25, 0.3) is 11.5 Å². The summed E-state index contributed by atoms with van der Waals surface area (Å²) in [6.07, 6.45) is 2.66. The number of methoxy groups -OCH3 is 1. The van der Waals surface area contributed by atoms with Crippen LogP contribution in [0.5, 0.6) is 5.75 Å². The second-order valence-corrected chi connectivity index (χ2v) is 7.76. The summed E-state index contributed by atoms with van der Waals surface area (Å²) in [5.41, 5.74) is 2.79. The van der Waals surface area contributed by atoms with E-state index in [1.807, 2.05) is 48.5 Å². The zero-order valence-corrected chi connectivity index (χ0v) is 21.1. The summed E-state index contributed by atoms with van der Waals surface area (Å²) in [4.78, 5) is 11.2. The van der Waals surface area contributed by atoms with E-state index in [1.54, 1.807) is 20.4 Å². The Morgan fingerprint density at radius 2 is 2.09 bits per heavy atom. The second-order valence-electron chi connectivity index (χ2n) is 7.33. The Kier molecular flexibility index (Phi) is 8.63. The first-order valence-corrected chi connectivity index (χ1v) is 10.6. The summed E-state index contributed by atoms with van der Waals surface area (Å²) in [5.74, 6) is 2.17. The second kappa shape index (κ2) is 11.4. The third-order valence-electron chi connectivity index (χ3n) is 5.24. The first kappa shape index (κ1) is 24.2. The lowest BCUT2D eigenvalue weighted by Gasteiger charge is -2.22. The van der Waals surface area contributed by atoms with E-state index >= 15 is 0 Å². The Morgan fingerprint density at radius 3 is 2.84 bits per heavy atom. The molecule has 2 heterocycles. The Morgan fingerprint density at radius 1 is 1.28 bits per heavy atom. The van der Waals surface area contributed by atoms with Gasteiger partial charge in [0, 0.05) is 36.8 Å². The van der Waals surface area contributed by atoms with Gasteiger partial charge in [-0.2, -0.15) is 0 Å². The van der Waals surface area contributed by atoms with Gasteiger partial charge in [0.2, 0.25) is 5.89 Å².